The molecule has 0 amide bonds. The summed E-state index contributed by atoms with van der Waals surface area (Å²) in [6.45, 7) is 0. The molecule has 0 aromatic heterocycles. The van der Waals surface area contributed by atoms with Gasteiger partial charge in [0.15, 0.2) is 0 Å². The molecule has 1 N–H and O–H groups in total. The maximum absolute atomic E-state index is 12.4. The predicted octanol–water partition coefficient (Wildman–Crippen LogP) is 2.56. The highest BCUT2D eigenvalue weighted by Crippen LogP contribution is 2.18. The van der Waals surface area contributed by atoms with Gasteiger partial charge in [-0.2, -0.15) is 0 Å². The highest BCUT2D eigenvalue weighted by atomic mass is 35.5. The third kappa shape index (κ3) is 1.39. The fraction of sp³-hybridized carbons (Fsp3) is 0. The molecule has 0 fully saturated rings. The van der Waals surface area contributed by atoms with E-state index in [2.05, 4.69) is 5.32 Å². The van der Waals surface area contributed by atoms with Gasteiger partial charge in [0, 0.05) is 5.69 Å². The molecule has 0 aliphatic rings. The molecular formula is C7H5ClFN. The topological polar surface area (TPSA) is 12.0 Å². The lowest BCUT2D eigenvalue weighted by atomic mass is 10.3. The van der Waals surface area contributed by atoms with Crippen LogP contribution in [0.2, 0.25) is 5.02 Å². The van der Waals surface area contributed by atoms with Gasteiger partial charge in [-0.15, -0.1) is 0 Å². The second-order valence-electron chi connectivity index (χ2n) is 1.77. The van der Waals surface area contributed by atoms with Crippen LogP contribution in [0, 0.1) is 12.9 Å². The molecule has 0 spiro atoms. The van der Waals surface area contributed by atoms with E-state index in [9.17, 15) is 4.39 Å². The van der Waals surface area contributed by atoms with Crippen molar-refractivity contribution in [1.29, 1.82) is 0 Å². The number of nitrogens with one attached hydrogen (secondary N) is 1. The van der Waals surface area contributed by atoms with Gasteiger partial charge >= 0.3 is 0 Å². The summed E-state index contributed by atoms with van der Waals surface area (Å²) in [7, 11) is 5.04. The van der Waals surface area contributed by atoms with Gasteiger partial charge in [0.05, 0.1) is 12.1 Å². The van der Waals surface area contributed by atoms with Crippen LogP contribution in [0.5, 0.6) is 0 Å². The maximum Gasteiger partial charge on any atom is 0.141 e. The maximum atomic E-state index is 12.4. The van der Waals surface area contributed by atoms with E-state index in [1.54, 1.807) is 0 Å². The molecule has 52 valence electrons. The number of rotatable bonds is 1. The van der Waals surface area contributed by atoms with Gasteiger partial charge in [0.25, 0.3) is 0 Å². The van der Waals surface area contributed by atoms with Gasteiger partial charge in [-0.1, -0.05) is 11.6 Å². The van der Waals surface area contributed by atoms with E-state index in [-0.39, 0.29) is 5.02 Å². The smallest absolute Gasteiger partial charge is 0.141 e. The lowest BCUT2D eigenvalue weighted by Crippen LogP contribution is -1.84. The summed E-state index contributed by atoms with van der Waals surface area (Å²) in [6, 6.07) is 4.16. The molecule has 0 bridgehead atoms. The van der Waals surface area contributed by atoms with Crippen LogP contribution in [0.15, 0.2) is 18.2 Å². The number of hydrogen-bond donors (Lipinski definition) is 1. The van der Waals surface area contributed by atoms with Crippen molar-refractivity contribution >= 4 is 17.3 Å². The third-order valence-electron chi connectivity index (χ3n) is 1.09. The van der Waals surface area contributed by atoms with Crippen molar-refractivity contribution in [2.45, 2.75) is 0 Å². The number of anilines is 1. The average molecular weight is 158 g/mol. The Morgan fingerprint density at radius 2 is 2.20 bits per heavy atom. The first kappa shape index (κ1) is 7.35. The molecule has 0 saturated heterocycles. The van der Waals surface area contributed by atoms with Crippen LogP contribution >= 0.6 is 11.6 Å². The molecule has 3 heteroatoms. The first-order valence-corrected chi connectivity index (χ1v) is 3.03. The van der Waals surface area contributed by atoms with Crippen LogP contribution in [0.1, 0.15) is 0 Å². The molecule has 0 aliphatic carbocycles. The Morgan fingerprint density at radius 3 is 2.70 bits per heavy atom. The highest BCUT2D eigenvalue weighted by Gasteiger charge is 1.97. The first-order chi connectivity index (χ1) is 4.74. The summed E-state index contributed by atoms with van der Waals surface area (Å²) in [5.74, 6) is -0.444. The molecule has 0 aliphatic heterocycles. The number of hydrogen-bond acceptors (Lipinski definition) is 1. The zero-order chi connectivity index (χ0) is 7.56. The summed E-state index contributed by atoms with van der Waals surface area (Å²) in [5, 5.41) is 2.41. The van der Waals surface area contributed by atoms with Gasteiger partial charge in [-0.05, 0) is 18.2 Å². The molecule has 1 nitrogen and oxygen atoms in total. The molecule has 0 heterocycles. The zero-order valence-electron chi connectivity index (χ0n) is 5.07. The Morgan fingerprint density at radius 1 is 1.50 bits per heavy atom. The van der Waals surface area contributed by atoms with Crippen molar-refractivity contribution in [3.63, 3.8) is 0 Å². The number of halogens is 2. The van der Waals surface area contributed by atoms with E-state index in [1.165, 1.54) is 18.2 Å². The molecule has 1 aromatic carbocycles. The monoisotopic (exact) mass is 157 g/mol. The van der Waals surface area contributed by atoms with Crippen LogP contribution < -0.4 is 5.32 Å². The van der Waals surface area contributed by atoms with Gasteiger partial charge in [0.1, 0.15) is 5.82 Å². The minimum atomic E-state index is -0.444. The van der Waals surface area contributed by atoms with Gasteiger partial charge < -0.3 is 5.32 Å². The van der Waals surface area contributed by atoms with Crippen LogP contribution in [0.25, 0.3) is 0 Å². The standard InChI is InChI=1S/C7H5ClFN/c1-10-5-2-3-7(9)6(8)4-5/h1-4,10H. The van der Waals surface area contributed by atoms with Crippen molar-refractivity contribution in [2.24, 2.45) is 0 Å². The minimum Gasteiger partial charge on any atom is -0.378 e. The summed E-state index contributed by atoms with van der Waals surface area (Å²) >= 11 is 5.42. The van der Waals surface area contributed by atoms with Crippen molar-refractivity contribution in [3.8, 4) is 0 Å². The largest absolute Gasteiger partial charge is 0.378 e. The molecule has 0 atom stereocenters. The summed E-state index contributed by atoms with van der Waals surface area (Å²) in [6.07, 6.45) is 0. The van der Waals surface area contributed by atoms with Crippen molar-refractivity contribution in [2.75, 3.05) is 5.32 Å². The van der Waals surface area contributed by atoms with E-state index >= 15 is 0 Å². The lowest BCUT2D eigenvalue weighted by molar-refractivity contribution is 0.628. The molecule has 0 unspecified atom stereocenters. The van der Waals surface area contributed by atoms with E-state index in [4.69, 9.17) is 18.6 Å². The predicted molar refractivity (Wildman–Crippen MR) is 39.3 cm³/mol. The quantitative estimate of drug-likeness (QED) is 0.618. The lowest BCUT2D eigenvalue weighted by Gasteiger charge is -1.98. The SMILES string of the molecule is [CH]Nc1ccc(F)c(Cl)c1. The molecule has 1 aromatic rings. The Bertz CT molecular complexity index is 237. The summed E-state index contributed by atoms with van der Waals surface area (Å²) in [5.41, 5.74) is 0.589. The summed E-state index contributed by atoms with van der Waals surface area (Å²) in [4.78, 5) is 0. The van der Waals surface area contributed by atoms with E-state index in [1.807, 2.05) is 0 Å². The van der Waals surface area contributed by atoms with Crippen molar-refractivity contribution in [3.05, 3.63) is 36.1 Å². The fourth-order valence-electron chi connectivity index (χ4n) is 0.586. The molecule has 0 saturated carbocycles. The van der Waals surface area contributed by atoms with Crippen LogP contribution in [0.3, 0.4) is 0 Å². The van der Waals surface area contributed by atoms with E-state index in [0.717, 1.165) is 0 Å². The minimum absolute atomic E-state index is 0.0652. The Balaban J connectivity index is 3.04. The van der Waals surface area contributed by atoms with Gasteiger partial charge in [-0.25, -0.2) is 4.39 Å². The molecular weight excluding hydrogens is 153 g/mol. The van der Waals surface area contributed by atoms with E-state index < -0.39 is 5.82 Å². The Hall–Kier alpha value is -0.760. The second-order valence-corrected chi connectivity index (χ2v) is 2.18. The van der Waals surface area contributed by atoms with Gasteiger partial charge in [0.2, 0.25) is 0 Å². The van der Waals surface area contributed by atoms with Crippen LogP contribution in [-0.2, 0) is 0 Å². The number of benzene rings is 1. The van der Waals surface area contributed by atoms with Crippen molar-refractivity contribution < 1.29 is 4.39 Å². The molecule has 10 heavy (non-hydrogen) atoms. The molecule has 2 radical (unpaired) electrons. The van der Waals surface area contributed by atoms with Crippen LogP contribution in [0.4, 0.5) is 10.1 Å². The van der Waals surface area contributed by atoms with Gasteiger partial charge in [-0.3, -0.25) is 0 Å². The first-order valence-electron chi connectivity index (χ1n) is 2.65. The Kier molecular flexibility index (Phi) is 2.12. The van der Waals surface area contributed by atoms with Crippen molar-refractivity contribution in [1.82, 2.24) is 0 Å². The third-order valence-corrected chi connectivity index (χ3v) is 1.38. The normalized spacial score (nSPS) is 9.50. The fourth-order valence-corrected chi connectivity index (χ4v) is 0.766. The van der Waals surface area contributed by atoms with E-state index in [0.29, 0.717) is 5.69 Å². The zero-order valence-corrected chi connectivity index (χ0v) is 5.82. The molecule has 1 rings (SSSR count). The Labute approximate surface area is 63.8 Å². The second kappa shape index (κ2) is 2.88. The average Bonchev–Trinajstić information content (AvgIpc) is 1.95. The summed E-state index contributed by atoms with van der Waals surface area (Å²) < 4.78 is 12.4. The van der Waals surface area contributed by atoms with Crippen LogP contribution in [-0.4, -0.2) is 0 Å². The highest BCUT2D eigenvalue weighted by molar-refractivity contribution is 6.31.